The van der Waals surface area contributed by atoms with Crippen LogP contribution in [-0.2, 0) is 0 Å². The number of nitrogens with zero attached hydrogens (tertiary/aromatic N) is 3. The third-order valence-electron chi connectivity index (χ3n) is 3.90. The molecular weight excluding hydrogens is 212 g/mol. The molecule has 1 aliphatic carbocycles. The zero-order valence-electron chi connectivity index (χ0n) is 10.6. The highest BCUT2D eigenvalue weighted by molar-refractivity contribution is 5.30. The van der Waals surface area contributed by atoms with Crippen LogP contribution in [0.3, 0.4) is 0 Å². The molecule has 1 atom stereocenters. The smallest absolute Gasteiger partial charge is 0.203 e. The first-order chi connectivity index (χ1) is 8.36. The van der Waals surface area contributed by atoms with Gasteiger partial charge in [0.15, 0.2) is 0 Å². The summed E-state index contributed by atoms with van der Waals surface area (Å²) in [7, 11) is 0. The summed E-state index contributed by atoms with van der Waals surface area (Å²) < 4.78 is 2.35. The molecule has 1 aromatic heterocycles. The lowest BCUT2D eigenvalue weighted by Crippen LogP contribution is -2.36. The molecule has 0 bridgehead atoms. The molecule has 0 spiro atoms. The Morgan fingerprint density at radius 2 is 2.29 bits per heavy atom. The van der Waals surface area contributed by atoms with Gasteiger partial charge in [0.1, 0.15) is 0 Å². The summed E-state index contributed by atoms with van der Waals surface area (Å²) in [6.07, 6.45) is 9.26. The number of rotatable bonds is 4. The van der Waals surface area contributed by atoms with Gasteiger partial charge < -0.3 is 14.8 Å². The zero-order chi connectivity index (χ0) is 11.7. The molecule has 1 saturated carbocycles. The number of likely N-dealkylation sites (N-methyl/N-ethyl adjacent to an activating group) is 1. The summed E-state index contributed by atoms with van der Waals surface area (Å²) in [5.74, 6) is 1.08. The van der Waals surface area contributed by atoms with E-state index < -0.39 is 0 Å². The van der Waals surface area contributed by atoms with Crippen molar-refractivity contribution in [3.8, 4) is 0 Å². The Bertz CT molecular complexity index is 369. The number of piperidine rings is 1. The molecule has 17 heavy (non-hydrogen) atoms. The van der Waals surface area contributed by atoms with Crippen LogP contribution in [0.1, 0.15) is 38.6 Å². The van der Waals surface area contributed by atoms with E-state index in [1.807, 2.05) is 6.20 Å². The Hall–Kier alpha value is -1.03. The maximum Gasteiger partial charge on any atom is 0.203 e. The van der Waals surface area contributed by atoms with Crippen molar-refractivity contribution in [1.82, 2.24) is 14.5 Å². The summed E-state index contributed by atoms with van der Waals surface area (Å²) in [6, 6.07) is 1.29. The van der Waals surface area contributed by atoms with Gasteiger partial charge in [-0.2, -0.15) is 0 Å². The average molecular weight is 234 g/mol. The minimum absolute atomic E-state index is 0.604. The second-order valence-electron chi connectivity index (χ2n) is 5.27. The van der Waals surface area contributed by atoms with Gasteiger partial charge in [-0.1, -0.05) is 6.92 Å². The van der Waals surface area contributed by atoms with Gasteiger partial charge in [0.05, 0.1) is 0 Å². The van der Waals surface area contributed by atoms with Gasteiger partial charge in [0.2, 0.25) is 5.95 Å². The summed E-state index contributed by atoms with van der Waals surface area (Å²) in [4.78, 5) is 6.99. The molecule has 0 radical (unpaired) electrons. The maximum absolute atomic E-state index is 4.46. The van der Waals surface area contributed by atoms with Crippen LogP contribution in [-0.4, -0.2) is 40.1 Å². The first-order valence-corrected chi connectivity index (χ1v) is 6.88. The Morgan fingerprint density at radius 3 is 3.06 bits per heavy atom. The van der Waals surface area contributed by atoms with Gasteiger partial charge >= 0.3 is 0 Å². The molecule has 4 heteroatoms. The van der Waals surface area contributed by atoms with Gasteiger partial charge in [-0.15, -0.1) is 0 Å². The van der Waals surface area contributed by atoms with Crippen molar-refractivity contribution in [2.24, 2.45) is 0 Å². The standard InChI is InChI=1S/C13H22N4/c1-2-16-8-3-4-12(10-16)17-9-7-14-13(17)15-11-5-6-11/h7,9,11-12H,2-6,8,10H2,1H3,(H,14,15). The molecular formula is C13H22N4. The van der Waals surface area contributed by atoms with Crippen LogP contribution in [0.15, 0.2) is 12.4 Å². The lowest BCUT2D eigenvalue weighted by atomic mass is 10.1. The lowest BCUT2D eigenvalue weighted by Gasteiger charge is -2.33. The van der Waals surface area contributed by atoms with Gasteiger partial charge in [-0.25, -0.2) is 4.98 Å². The Balaban J connectivity index is 1.71. The van der Waals surface area contributed by atoms with Crippen molar-refractivity contribution in [1.29, 1.82) is 0 Å². The number of anilines is 1. The summed E-state index contributed by atoms with van der Waals surface area (Å²) in [5.41, 5.74) is 0. The number of imidazole rings is 1. The molecule has 1 N–H and O–H groups in total. The zero-order valence-corrected chi connectivity index (χ0v) is 10.6. The van der Waals surface area contributed by atoms with Gasteiger partial charge in [0, 0.05) is 31.0 Å². The molecule has 0 aromatic carbocycles. The Morgan fingerprint density at radius 1 is 1.41 bits per heavy atom. The van der Waals surface area contributed by atoms with E-state index in [-0.39, 0.29) is 0 Å². The molecule has 2 fully saturated rings. The number of hydrogen-bond donors (Lipinski definition) is 1. The van der Waals surface area contributed by atoms with Gasteiger partial charge in [-0.05, 0) is 38.8 Å². The van der Waals surface area contributed by atoms with E-state index in [1.165, 1.54) is 38.8 Å². The molecule has 1 saturated heterocycles. The number of likely N-dealkylation sites (tertiary alicyclic amines) is 1. The van der Waals surface area contributed by atoms with Crippen LogP contribution >= 0.6 is 0 Å². The van der Waals surface area contributed by atoms with Crippen molar-refractivity contribution >= 4 is 5.95 Å². The SMILES string of the molecule is CCN1CCCC(n2ccnc2NC2CC2)C1. The lowest BCUT2D eigenvalue weighted by molar-refractivity contribution is 0.186. The summed E-state index contributed by atoms with van der Waals surface area (Å²) in [5, 5.41) is 3.53. The van der Waals surface area contributed by atoms with E-state index in [0.717, 1.165) is 12.5 Å². The van der Waals surface area contributed by atoms with Crippen molar-refractivity contribution < 1.29 is 0 Å². The fourth-order valence-corrected chi connectivity index (χ4v) is 2.68. The molecule has 1 unspecified atom stereocenters. The maximum atomic E-state index is 4.46. The molecule has 4 nitrogen and oxygen atoms in total. The van der Waals surface area contributed by atoms with Crippen LogP contribution in [0, 0.1) is 0 Å². The normalized spacial score (nSPS) is 26.1. The largest absolute Gasteiger partial charge is 0.353 e. The van der Waals surface area contributed by atoms with Crippen LogP contribution in [0.5, 0.6) is 0 Å². The van der Waals surface area contributed by atoms with Gasteiger partial charge in [-0.3, -0.25) is 0 Å². The fourth-order valence-electron chi connectivity index (χ4n) is 2.68. The van der Waals surface area contributed by atoms with Crippen LogP contribution < -0.4 is 5.32 Å². The third kappa shape index (κ3) is 2.46. The van der Waals surface area contributed by atoms with E-state index in [2.05, 4.69) is 32.9 Å². The highest BCUT2D eigenvalue weighted by atomic mass is 15.3. The molecule has 94 valence electrons. The molecule has 2 heterocycles. The summed E-state index contributed by atoms with van der Waals surface area (Å²) >= 11 is 0. The fraction of sp³-hybridized carbons (Fsp3) is 0.769. The minimum Gasteiger partial charge on any atom is -0.353 e. The summed E-state index contributed by atoms with van der Waals surface area (Å²) in [6.45, 7) is 5.84. The topological polar surface area (TPSA) is 33.1 Å². The highest BCUT2D eigenvalue weighted by Crippen LogP contribution is 2.28. The minimum atomic E-state index is 0.604. The monoisotopic (exact) mass is 234 g/mol. The van der Waals surface area contributed by atoms with E-state index in [0.29, 0.717) is 12.1 Å². The van der Waals surface area contributed by atoms with E-state index in [9.17, 15) is 0 Å². The van der Waals surface area contributed by atoms with Crippen molar-refractivity contribution in [3.63, 3.8) is 0 Å². The number of aromatic nitrogens is 2. The third-order valence-corrected chi connectivity index (χ3v) is 3.90. The first kappa shape index (κ1) is 11.1. The highest BCUT2D eigenvalue weighted by Gasteiger charge is 2.26. The van der Waals surface area contributed by atoms with Crippen molar-refractivity contribution in [2.75, 3.05) is 25.0 Å². The predicted octanol–water partition coefficient (Wildman–Crippen LogP) is 2.11. The average Bonchev–Trinajstić information content (AvgIpc) is 3.06. The Labute approximate surface area is 103 Å². The first-order valence-electron chi connectivity index (χ1n) is 6.88. The van der Waals surface area contributed by atoms with E-state index in [4.69, 9.17) is 0 Å². The molecule has 1 aromatic rings. The number of hydrogen-bond acceptors (Lipinski definition) is 3. The van der Waals surface area contributed by atoms with Crippen LogP contribution in [0.4, 0.5) is 5.95 Å². The molecule has 1 aliphatic heterocycles. The number of nitrogens with one attached hydrogen (secondary N) is 1. The van der Waals surface area contributed by atoms with Crippen molar-refractivity contribution in [3.05, 3.63) is 12.4 Å². The second kappa shape index (κ2) is 4.69. The second-order valence-corrected chi connectivity index (χ2v) is 5.27. The predicted molar refractivity (Wildman–Crippen MR) is 69.3 cm³/mol. The molecule has 0 amide bonds. The van der Waals surface area contributed by atoms with Crippen LogP contribution in [0.2, 0.25) is 0 Å². The molecule has 2 aliphatic rings. The van der Waals surface area contributed by atoms with E-state index in [1.54, 1.807) is 0 Å². The van der Waals surface area contributed by atoms with E-state index >= 15 is 0 Å². The van der Waals surface area contributed by atoms with Crippen molar-refractivity contribution in [2.45, 2.75) is 44.7 Å². The van der Waals surface area contributed by atoms with Crippen LogP contribution in [0.25, 0.3) is 0 Å². The molecule has 3 rings (SSSR count). The van der Waals surface area contributed by atoms with Gasteiger partial charge in [0.25, 0.3) is 0 Å². The quantitative estimate of drug-likeness (QED) is 0.866. The Kier molecular flexibility index (Phi) is 3.05.